The van der Waals surface area contributed by atoms with Crippen LogP contribution in [0.25, 0.3) is 0 Å². The Kier molecular flexibility index (Phi) is 6.21. The lowest BCUT2D eigenvalue weighted by molar-refractivity contribution is -0.137. The number of carboxylic acids is 1. The number of carbonyl (C=O) groups excluding carboxylic acids is 1. The van der Waals surface area contributed by atoms with Gasteiger partial charge in [-0.15, -0.1) is 0 Å². The molecule has 1 aliphatic rings. The average molecular weight is 367 g/mol. The first-order valence-corrected chi connectivity index (χ1v) is 10.5. The molecule has 1 fully saturated rings. The van der Waals surface area contributed by atoms with Crippen molar-refractivity contribution in [1.82, 2.24) is 4.90 Å². The number of nitrogens with zero attached hydrogens (tertiary/aromatic N) is 1. The van der Waals surface area contributed by atoms with E-state index in [1.165, 1.54) is 6.07 Å². The zero-order valence-corrected chi connectivity index (χ0v) is 15.5. The molecule has 7 heteroatoms. The zero-order chi connectivity index (χ0) is 18.6. The van der Waals surface area contributed by atoms with Crippen molar-refractivity contribution >= 4 is 21.7 Å². The summed E-state index contributed by atoms with van der Waals surface area (Å²) < 4.78 is 24.0. The van der Waals surface area contributed by atoms with Crippen molar-refractivity contribution in [3.05, 3.63) is 29.3 Å². The number of hydrogen-bond donors (Lipinski definition) is 1. The fourth-order valence-corrected chi connectivity index (χ4v) is 4.38. The molecular formula is C18H25NO5S. The van der Waals surface area contributed by atoms with Crippen LogP contribution in [0.2, 0.25) is 0 Å². The van der Waals surface area contributed by atoms with Crippen molar-refractivity contribution < 1.29 is 23.1 Å². The van der Waals surface area contributed by atoms with Crippen LogP contribution in [0.3, 0.4) is 0 Å². The van der Waals surface area contributed by atoms with E-state index < -0.39 is 15.8 Å². The van der Waals surface area contributed by atoms with Crippen molar-refractivity contribution in [3.8, 4) is 0 Å². The minimum atomic E-state index is -3.42. The highest BCUT2D eigenvalue weighted by atomic mass is 32.2. The zero-order valence-electron chi connectivity index (χ0n) is 14.7. The SMILES string of the molecule is CCc1ccc(C(=O)N2CCCCC2CCC(=O)O)cc1S(C)(=O)=O. The molecule has 1 atom stereocenters. The summed E-state index contributed by atoms with van der Waals surface area (Å²) in [7, 11) is -3.42. The minimum Gasteiger partial charge on any atom is -0.481 e. The van der Waals surface area contributed by atoms with Gasteiger partial charge in [-0.2, -0.15) is 0 Å². The molecule has 0 saturated carbocycles. The van der Waals surface area contributed by atoms with Gasteiger partial charge in [-0.05, 0) is 49.8 Å². The maximum atomic E-state index is 12.9. The first-order valence-electron chi connectivity index (χ1n) is 8.59. The lowest BCUT2D eigenvalue weighted by atomic mass is 9.96. The molecule has 1 N–H and O–H groups in total. The second-order valence-corrected chi connectivity index (χ2v) is 8.51. The molecule has 2 rings (SSSR count). The highest BCUT2D eigenvalue weighted by molar-refractivity contribution is 7.90. The average Bonchev–Trinajstić information content (AvgIpc) is 2.58. The number of amides is 1. The van der Waals surface area contributed by atoms with Gasteiger partial charge in [0.15, 0.2) is 9.84 Å². The predicted octanol–water partition coefficient (Wildman–Crippen LogP) is 2.51. The number of sulfone groups is 1. The molecule has 1 aromatic rings. The molecule has 0 spiro atoms. The summed E-state index contributed by atoms with van der Waals surface area (Å²) in [5.41, 5.74) is 1.04. The number of hydrogen-bond acceptors (Lipinski definition) is 4. The lowest BCUT2D eigenvalue weighted by Gasteiger charge is -2.36. The van der Waals surface area contributed by atoms with Crippen LogP contribution in [0.15, 0.2) is 23.1 Å². The third-order valence-corrected chi connectivity index (χ3v) is 5.85. The van der Waals surface area contributed by atoms with Crippen molar-refractivity contribution in [2.24, 2.45) is 0 Å². The van der Waals surface area contributed by atoms with Gasteiger partial charge in [0.05, 0.1) is 4.90 Å². The van der Waals surface area contributed by atoms with E-state index in [1.807, 2.05) is 6.92 Å². The van der Waals surface area contributed by atoms with Gasteiger partial charge >= 0.3 is 5.97 Å². The molecule has 1 aliphatic heterocycles. The molecule has 1 amide bonds. The topological polar surface area (TPSA) is 91.8 Å². The van der Waals surface area contributed by atoms with Crippen LogP contribution >= 0.6 is 0 Å². The first-order chi connectivity index (χ1) is 11.7. The lowest BCUT2D eigenvalue weighted by Crippen LogP contribution is -2.44. The van der Waals surface area contributed by atoms with E-state index in [0.717, 1.165) is 25.5 Å². The van der Waals surface area contributed by atoms with Crippen molar-refractivity contribution in [3.63, 3.8) is 0 Å². The Labute approximate surface area is 148 Å². The van der Waals surface area contributed by atoms with Crippen LogP contribution in [0.5, 0.6) is 0 Å². The number of benzene rings is 1. The van der Waals surface area contributed by atoms with Gasteiger partial charge in [-0.1, -0.05) is 13.0 Å². The third kappa shape index (κ3) is 4.81. The quantitative estimate of drug-likeness (QED) is 0.834. The fraction of sp³-hybridized carbons (Fsp3) is 0.556. The smallest absolute Gasteiger partial charge is 0.303 e. The second-order valence-electron chi connectivity index (χ2n) is 6.53. The Bertz CT molecular complexity index is 757. The van der Waals surface area contributed by atoms with Crippen molar-refractivity contribution in [2.75, 3.05) is 12.8 Å². The van der Waals surface area contributed by atoms with E-state index >= 15 is 0 Å². The predicted molar refractivity (Wildman–Crippen MR) is 94.5 cm³/mol. The maximum Gasteiger partial charge on any atom is 0.303 e. The van der Waals surface area contributed by atoms with Gasteiger partial charge in [0.25, 0.3) is 5.91 Å². The minimum absolute atomic E-state index is 0.0256. The Balaban J connectivity index is 2.30. The number of carbonyl (C=O) groups is 2. The highest BCUT2D eigenvalue weighted by Gasteiger charge is 2.28. The molecule has 1 unspecified atom stereocenters. The Morgan fingerprint density at radius 2 is 2.00 bits per heavy atom. The first kappa shape index (κ1) is 19.4. The molecular weight excluding hydrogens is 342 g/mol. The normalized spacial score (nSPS) is 18.2. The molecule has 0 aromatic heterocycles. The van der Waals surface area contributed by atoms with E-state index in [0.29, 0.717) is 30.5 Å². The van der Waals surface area contributed by atoms with Gasteiger partial charge in [0.2, 0.25) is 0 Å². The molecule has 0 radical (unpaired) electrons. The standard InChI is InChI=1S/C18H25NO5S/c1-3-13-7-8-14(12-16(13)25(2,23)24)18(22)19-11-5-4-6-15(19)9-10-17(20)21/h7-8,12,15H,3-6,9-11H2,1-2H3,(H,20,21). The van der Waals surface area contributed by atoms with Crippen LogP contribution in [-0.4, -0.2) is 49.1 Å². The van der Waals surface area contributed by atoms with E-state index in [4.69, 9.17) is 5.11 Å². The molecule has 0 bridgehead atoms. The number of rotatable bonds is 6. The molecule has 1 heterocycles. The van der Waals surface area contributed by atoms with Crippen LogP contribution in [0, 0.1) is 0 Å². The highest BCUT2D eigenvalue weighted by Crippen LogP contribution is 2.25. The van der Waals surface area contributed by atoms with Crippen LogP contribution in [0.1, 0.15) is 54.9 Å². The number of piperidine rings is 1. The van der Waals surface area contributed by atoms with E-state index in [-0.39, 0.29) is 23.3 Å². The van der Waals surface area contributed by atoms with Gasteiger partial charge < -0.3 is 10.0 Å². The van der Waals surface area contributed by atoms with Crippen molar-refractivity contribution in [2.45, 2.75) is 56.4 Å². The molecule has 138 valence electrons. The third-order valence-electron chi connectivity index (χ3n) is 4.67. The summed E-state index contributed by atoms with van der Waals surface area (Å²) in [6.07, 6.45) is 4.79. The van der Waals surface area contributed by atoms with E-state index in [1.54, 1.807) is 17.0 Å². The molecule has 0 aliphatic carbocycles. The van der Waals surface area contributed by atoms with Crippen molar-refractivity contribution in [1.29, 1.82) is 0 Å². The van der Waals surface area contributed by atoms with Crippen LogP contribution in [-0.2, 0) is 21.1 Å². The summed E-state index contributed by atoms with van der Waals surface area (Å²) in [4.78, 5) is 25.7. The number of carboxylic acid groups (broad SMARTS) is 1. The number of aryl methyl sites for hydroxylation is 1. The van der Waals surface area contributed by atoms with Gasteiger partial charge in [0, 0.05) is 30.8 Å². The Morgan fingerprint density at radius 3 is 2.60 bits per heavy atom. The summed E-state index contributed by atoms with van der Waals surface area (Å²) in [6, 6.07) is 4.71. The summed E-state index contributed by atoms with van der Waals surface area (Å²) >= 11 is 0. The fourth-order valence-electron chi connectivity index (χ4n) is 3.35. The summed E-state index contributed by atoms with van der Waals surface area (Å²) in [6.45, 7) is 2.45. The monoisotopic (exact) mass is 367 g/mol. The Hall–Kier alpha value is -1.89. The Morgan fingerprint density at radius 1 is 1.28 bits per heavy atom. The van der Waals surface area contributed by atoms with Gasteiger partial charge in [-0.25, -0.2) is 8.42 Å². The second kappa shape index (κ2) is 7.99. The molecule has 25 heavy (non-hydrogen) atoms. The van der Waals surface area contributed by atoms with E-state index in [9.17, 15) is 18.0 Å². The summed E-state index contributed by atoms with van der Waals surface area (Å²) in [5.74, 6) is -1.09. The summed E-state index contributed by atoms with van der Waals surface area (Å²) in [5, 5.41) is 8.90. The largest absolute Gasteiger partial charge is 0.481 e. The molecule has 6 nitrogen and oxygen atoms in total. The number of likely N-dealkylation sites (tertiary alicyclic amines) is 1. The number of aliphatic carboxylic acids is 1. The van der Waals surface area contributed by atoms with Gasteiger partial charge in [0.1, 0.15) is 0 Å². The van der Waals surface area contributed by atoms with E-state index in [2.05, 4.69) is 0 Å². The maximum absolute atomic E-state index is 12.9. The molecule has 1 aromatic carbocycles. The van der Waals surface area contributed by atoms with Crippen LogP contribution in [0.4, 0.5) is 0 Å². The van der Waals surface area contributed by atoms with Crippen LogP contribution < -0.4 is 0 Å². The molecule has 1 saturated heterocycles. The van der Waals surface area contributed by atoms with Gasteiger partial charge in [-0.3, -0.25) is 9.59 Å².